The minimum absolute atomic E-state index is 0.0893. The van der Waals surface area contributed by atoms with E-state index in [2.05, 4.69) is 24.1 Å². The third-order valence-corrected chi connectivity index (χ3v) is 1.72. The molecule has 0 radical (unpaired) electrons. The van der Waals surface area contributed by atoms with E-state index in [4.69, 9.17) is 0 Å². The van der Waals surface area contributed by atoms with Crippen molar-refractivity contribution in [2.45, 2.75) is 26.2 Å². The van der Waals surface area contributed by atoms with E-state index in [0.29, 0.717) is 0 Å². The van der Waals surface area contributed by atoms with Crippen molar-refractivity contribution in [1.29, 1.82) is 0 Å². The summed E-state index contributed by atoms with van der Waals surface area (Å²) in [6.45, 7) is 8.32. The van der Waals surface area contributed by atoms with Crippen LogP contribution in [0.1, 0.15) is 26.2 Å². The number of hydrogen-bond acceptors (Lipinski definition) is 2. The molecule has 0 unspecified atom stereocenters. The highest BCUT2D eigenvalue weighted by molar-refractivity contribution is 5.86. The van der Waals surface area contributed by atoms with E-state index in [-0.39, 0.29) is 5.91 Å². The van der Waals surface area contributed by atoms with Gasteiger partial charge in [0.15, 0.2) is 0 Å². The molecule has 0 aliphatic carbocycles. The third-order valence-electron chi connectivity index (χ3n) is 1.72. The zero-order valence-electron chi connectivity index (χ0n) is 8.44. The van der Waals surface area contributed by atoms with Crippen LogP contribution in [0, 0.1) is 0 Å². The predicted molar refractivity (Wildman–Crippen MR) is 55.6 cm³/mol. The fourth-order valence-electron chi connectivity index (χ4n) is 0.924. The van der Waals surface area contributed by atoms with Gasteiger partial charge in [0.05, 0.1) is 0 Å². The molecule has 0 saturated carbocycles. The van der Waals surface area contributed by atoms with Crippen molar-refractivity contribution in [1.82, 2.24) is 10.6 Å². The van der Waals surface area contributed by atoms with E-state index in [1.165, 1.54) is 18.9 Å². The number of carbonyl (C=O) groups is 1. The summed E-state index contributed by atoms with van der Waals surface area (Å²) in [5.74, 6) is -0.0893. The molecule has 2 N–H and O–H groups in total. The van der Waals surface area contributed by atoms with Crippen LogP contribution in [0.25, 0.3) is 0 Å². The van der Waals surface area contributed by atoms with Gasteiger partial charge in [0.1, 0.15) is 0 Å². The lowest BCUT2D eigenvalue weighted by molar-refractivity contribution is -0.116. The summed E-state index contributed by atoms with van der Waals surface area (Å²) in [6, 6.07) is 0. The monoisotopic (exact) mass is 184 g/mol. The lowest BCUT2D eigenvalue weighted by atomic mass is 10.3. The first-order chi connectivity index (χ1) is 6.31. The molecule has 1 amide bonds. The van der Waals surface area contributed by atoms with Crippen LogP contribution < -0.4 is 10.6 Å². The number of unbranched alkanes of at least 4 members (excludes halogenated alkanes) is 1. The second kappa shape index (κ2) is 9.26. The summed E-state index contributed by atoms with van der Waals surface area (Å²) in [7, 11) is 0. The molecule has 0 rings (SSSR count). The average molecular weight is 184 g/mol. The smallest absolute Gasteiger partial charge is 0.243 e. The van der Waals surface area contributed by atoms with E-state index < -0.39 is 0 Å². The molecule has 0 aliphatic rings. The average Bonchev–Trinajstić information content (AvgIpc) is 2.16. The van der Waals surface area contributed by atoms with Crippen molar-refractivity contribution in [3.63, 3.8) is 0 Å². The van der Waals surface area contributed by atoms with Crippen molar-refractivity contribution < 1.29 is 4.79 Å². The summed E-state index contributed by atoms with van der Waals surface area (Å²) in [6.07, 6.45) is 4.72. The van der Waals surface area contributed by atoms with Gasteiger partial charge in [-0.1, -0.05) is 19.9 Å². The van der Waals surface area contributed by atoms with E-state index in [1.807, 2.05) is 0 Å². The maximum absolute atomic E-state index is 10.7. The summed E-state index contributed by atoms with van der Waals surface area (Å²) in [5, 5.41) is 6.03. The van der Waals surface area contributed by atoms with Gasteiger partial charge in [-0.25, -0.2) is 0 Å². The summed E-state index contributed by atoms with van der Waals surface area (Å²) in [4.78, 5) is 10.7. The first kappa shape index (κ1) is 12.2. The van der Waals surface area contributed by atoms with Crippen LogP contribution in [0.5, 0.6) is 0 Å². The number of nitrogens with one attached hydrogen (secondary N) is 2. The molecule has 76 valence electrons. The molecule has 0 aromatic rings. The van der Waals surface area contributed by atoms with Gasteiger partial charge in [0, 0.05) is 6.54 Å². The van der Waals surface area contributed by atoms with Crippen LogP contribution in [0.2, 0.25) is 0 Å². The molecule has 13 heavy (non-hydrogen) atoms. The Morgan fingerprint density at radius 3 is 2.62 bits per heavy atom. The number of rotatable bonds is 8. The maximum Gasteiger partial charge on any atom is 0.243 e. The Balaban J connectivity index is 2.99. The number of hydrogen-bond donors (Lipinski definition) is 2. The first-order valence-electron chi connectivity index (χ1n) is 4.92. The minimum Gasteiger partial charge on any atom is -0.353 e. The van der Waals surface area contributed by atoms with Gasteiger partial charge in [-0.2, -0.15) is 0 Å². The molecule has 0 fully saturated rings. The first-order valence-corrected chi connectivity index (χ1v) is 4.92. The molecule has 0 aliphatic heterocycles. The zero-order chi connectivity index (χ0) is 9.94. The Bertz CT molecular complexity index is 146. The lowest BCUT2D eigenvalue weighted by Gasteiger charge is -2.03. The van der Waals surface area contributed by atoms with Crippen molar-refractivity contribution >= 4 is 5.91 Å². The van der Waals surface area contributed by atoms with Gasteiger partial charge in [0.25, 0.3) is 0 Å². The number of carbonyl (C=O) groups excluding carboxylic acids is 1. The summed E-state index contributed by atoms with van der Waals surface area (Å²) in [5.41, 5.74) is 0. The fourth-order valence-corrected chi connectivity index (χ4v) is 0.924. The molecule has 0 heterocycles. The molecule has 0 aromatic heterocycles. The quantitative estimate of drug-likeness (QED) is 0.437. The molecule has 3 nitrogen and oxygen atoms in total. The molecule has 0 bridgehead atoms. The normalized spacial score (nSPS) is 9.62. The van der Waals surface area contributed by atoms with Gasteiger partial charge >= 0.3 is 0 Å². The minimum atomic E-state index is -0.0893. The Morgan fingerprint density at radius 1 is 1.31 bits per heavy atom. The van der Waals surface area contributed by atoms with Crippen LogP contribution >= 0.6 is 0 Å². The van der Waals surface area contributed by atoms with Crippen LogP contribution in [0.3, 0.4) is 0 Å². The SMILES string of the molecule is C=CC(=O)NCCCNCCCC. The van der Waals surface area contributed by atoms with Crippen LogP contribution in [-0.2, 0) is 4.79 Å². The molecule has 3 heteroatoms. The standard InChI is InChI=1S/C10H20N2O/c1-3-5-7-11-8-6-9-12-10(13)4-2/h4,11H,2-3,5-9H2,1H3,(H,12,13). The maximum atomic E-state index is 10.7. The van der Waals surface area contributed by atoms with Crippen molar-refractivity contribution in [3.05, 3.63) is 12.7 Å². The lowest BCUT2D eigenvalue weighted by Crippen LogP contribution is -2.26. The molecule has 0 atom stereocenters. The van der Waals surface area contributed by atoms with E-state index >= 15 is 0 Å². The molecular formula is C10H20N2O. The zero-order valence-corrected chi connectivity index (χ0v) is 8.44. The summed E-state index contributed by atoms with van der Waals surface area (Å²) < 4.78 is 0. The van der Waals surface area contributed by atoms with Gasteiger partial charge in [-0.3, -0.25) is 4.79 Å². The Morgan fingerprint density at radius 2 is 2.00 bits per heavy atom. The number of amides is 1. The van der Waals surface area contributed by atoms with Crippen LogP contribution in [0.4, 0.5) is 0 Å². The van der Waals surface area contributed by atoms with Crippen molar-refractivity contribution in [2.75, 3.05) is 19.6 Å². The predicted octanol–water partition coefficient (Wildman–Crippen LogP) is 1.07. The van der Waals surface area contributed by atoms with Gasteiger partial charge in [-0.05, 0) is 32.0 Å². The Labute approximate surface area is 80.6 Å². The molecule has 0 saturated heterocycles. The van der Waals surface area contributed by atoms with Gasteiger partial charge < -0.3 is 10.6 Å². The van der Waals surface area contributed by atoms with Gasteiger partial charge in [-0.15, -0.1) is 0 Å². The second-order valence-corrected chi connectivity index (χ2v) is 2.95. The molecule has 0 aromatic carbocycles. The summed E-state index contributed by atoms with van der Waals surface area (Å²) >= 11 is 0. The van der Waals surface area contributed by atoms with E-state index in [0.717, 1.165) is 26.1 Å². The largest absolute Gasteiger partial charge is 0.353 e. The topological polar surface area (TPSA) is 41.1 Å². The van der Waals surface area contributed by atoms with Crippen LogP contribution in [-0.4, -0.2) is 25.5 Å². The fraction of sp³-hybridized carbons (Fsp3) is 0.700. The highest BCUT2D eigenvalue weighted by Gasteiger charge is 1.91. The third kappa shape index (κ3) is 9.08. The van der Waals surface area contributed by atoms with Crippen molar-refractivity contribution in [3.8, 4) is 0 Å². The van der Waals surface area contributed by atoms with E-state index in [1.54, 1.807) is 0 Å². The van der Waals surface area contributed by atoms with Crippen molar-refractivity contribution in [2.24, 2.45) is 0 Å². The Hall–Kier alpha value is -0.830. The highest BCUT2D eigenvalue weighted by Crippen LogP contribution is 1.82. The second-order valence-electron chi connectivity index (χ2n) is 2.95. The Kier molecular flexibility index (Phi) is 8.67. The molecular weight excluding hydrogens is 164 g/mol. The molecule has 0 spiro atoms. The van der Waals surface area contributed by atoms with Crippen LogP contribution in [0.15, 0.2) is 12.7 Å². The highest BCUT2D eigenvalue weighted by atomic mass is 16.1. The van der Waals surface area contributed by atoms with Gasteiger partial charge in [0.2, 0.25) is 5.91 Å². The van der Waals surface area contributed by atoms with E-state index in [9.17, 15) is 4.79 Å².